The lowest BCUT2D eigenvalue weighted by atomic mass is 9.84. The van der Waals surface area contributed by atoms with Crippen LogP contribution in [0.3, 0.4) is 0 Å². The lowest BCUT2D eigenvalue weighted by Gasteiger charge is -2.28. The van der Waals surface area contributed by atoms with E-state index in [1.165, 1.54) is 37.0 Å². The lowest BCUT2D eigenvalue weighted by molar-refractivity contribution is 0.0911. The van der Waals surface area contributed by atoms with Gasteiger partial charge in [0.25, 0.3) is 5.91 Å². The number of nitrogens with one attached hydrogen (secondary N) is 1. The van der Waals surface area contributed by atoms with Gasteiger partial charge in [0.15, 0.2) is 11.5 Å². The highest BCUT2D eigenvalue weighted by atomic mass is 32.1. The highest BCUT2D eigenvalue weighted by molar-refractivity contribution is 7.13. The summed E-state index contributed by atoms with van der Waals surface area (Å²) in [6.07, 6.45) is 5.31. The lowest BCUT2D eigenvalue weighted by Crippen LogP contribution is -2.40. The van der Waals surface area contributed by atoms with E-state index in [0.717, 1.165) is 22.4 Å². The fourth-order valence-electron chi connectivity index (χ4n) is 4.85. The number of hydrogen-bond donors (Lipinski definition) is 1. The van der Waals surface area contributed by atoms with Gasteiger partial charge in [-0.1, -0.05) is 12.5 Å². The number of hydrogen-bond acceptors (Lipinski definition) is 5. The number of aromatic nitrogens is 1. The molecule has 27 heavy (non-hydrogen) atoms. The van der Waals surface area contributed by atoms with Crippen molar-refractivity contribution in [2.75, 3.05) is 14.2 Å². The predicted molar refractivity (Wildman–Crippen MR) is 107 cm³/mol. The average Bonchev–Trinajstić information content (AvgIpc) is 3.43. The van der Waals surface area contributed by atoms with Crippen LogP contribution < -0.4 is 14.8 Å². The maximum absolute atomic E-state index is 12.7. The number of nitrogens with zero attached hydrogens (tertiary/aromatic N) is 1. The molecule has 1 N–H and O–H groups in total. The molecule has 2 aliphatic carbocycles. The molecule has 0 radical (unpaired) electrons. The number of carbonyl (C=O) groups excluding carboxylic acids is 1. The van der Waals surface area contributed by atoms with Gasteiger partial charge in [-0.05, 0) is 56.1 Å². The topological polar surface area (TPSA) is 60.5 Å². The van der Waals surface area contributed by atoms with Crippen LogP contribution in [0.15, 0.2) is 23.6 Å². The van der Waals surface area contributed by atoms with E-state index in [1.54, 1.807) is 14.2 Å². The molecule has 0 saturated heterocycles. The molecule has 4 atom stereocenters. The molecule has 1 heterocycles. The Hall–Kier alpha value is -2.08. The fourth-order valence-corrected chi connectivity index (χ4v) is 5.67. The second-order valence-electron chi connectivity index (χ2n) is 7.68. The number of rotatable bonds is 6. The van der Waals surface area contributed by atoms with E-state index in [2.05, 4.69) is 17.2 Å². The summed E-state index contributed by atoms with van der Waals surface area (Å²) in [7, 11) is 3.22. The van der Waals surface area contributed by atoms with Crippen molar-refractivity contribution < 1.29 is 14.3 Å². The van der Waals surface area contributed by atoms with Crippen molar-refractivity contribution in [1.29, 1.82) is 0 Å². The predicted octanol–water partition coefficient (Wildman–Crippen LogP) is 4.38. The Morgan fingerprint density at radius 1 is 1.26 bits per heavy atom. The first-order valence-corrected chi connectivity index (χ1v) is 10.5. The number of fused-ring (bicyclic) bond motifs is 2. The Bertz CT molecular complexity index is 835. The van der Waals surface area contributed by atoms with Gasteiger partial charge in [-0.15, -0.1) is 11.3 Å². The van der Waals surface area contributed by atoms with Crippen molar-refractivity contribution in [1.82, 2.24) is 10.3 Å². The maximum atomic E-state index is 12.7. The number of ether oxygens (including phenoxy) is 2. The summed E-state index contributed by atoms with van der Waals surface area (Å²) in [6, 6.07) is 5.87. The summed E-state index contributed by atoms with van der Waals surface area (Å²) in [4.78, 5) is 17.3. The zero-order valence-corrected chi connectivity index (χ0v) is 16.8. The smallest absolute Gasteiger partial charge is 0.270 e. The van der Waals surface area contributed by atoms with Crippen molar-refractivity contribution in [2.45, 2.75) is 38.6 Å². The molecule has 0 aliphatic heterocycles. The zero-order chi connectivity index (χ0) is 19.0. The highest BCUT2D eigenvalue weighted by Gasteiger charge is 2.42. The van der Waals surface area contributed by atoms with E-state index in [1.807, 2.05) is 23.6 Å². The number of carbonyl (C=O) groups is 1. The number of benzene rings is 1. The Morgan fingerprint density at radius 3 is 2.78 bits per heavy atom. The molecule has 144 valence electrons. The van der Waals surface area contributed by atoms with Crippen LogP contribution in [0.1, 0.15) is 43.1 Å². The molecule has 2 bridgehead atoms. The number of para-hydroxylation sites is 1. The minimum Gasteiger partial charge on any atom is -0.493 e. The minimum atomic E-state index is -0.0883. The third-order valence-electron chi connectivity index (χ3n) is 6.16. The summed E-state index contributed by atoms with van der Waals surface area (Å²) in [5.74, 6) is 3.49. The van der Waals surface area contributed by atoms with Gasteiger partial charge in [0, 0.05) is 11.4 Å². The van der Waals surface area contributed by atoms with Gasteiger partial charge >= 0.3 is 0 Å². The van der Waals surface area contributed by atoms with Gasteiger partial charge in [0.1, 0.15) is 10.7 Å². The second-order valence-corrected chi connectivity index (χ2v) is 8.54. The first-order chi connectivity index (χ1) is 13.1. The van der Waals surface area contributed by atoms with Gasteiger partial charge < -0.3 is 14.8 Å². The van der Waals surface area contributed by atoms with Gasteiger partial charge in [0.05, 0.1) is 19.8 Å². The molecule has 1 amide bonds. The number of thiazole rings is 1. The highest BCUT2D eigenvalue weighted by Crippen LogP contribution is 2.49. The van der Waals surface area contributed by atoms with Crippen LogP contribution in [0, 0.1) is 17.8 Å². The van der Waals surface area contributed by atoms with E-state index in [0.29, 0.717) is 23.1 Å². The minimum absolute atomic E-state index is 0.0883. The second kappa shape index (κ2) is 7.50. The number of methoxy groups -OCH3 is 2. The third-order valence-corrected chi connectivity index (χ3v) is 7.04. The molecule has 2 saturated carbocycles. The SMILES string of the molecule is COc1cccc(-c2nc(C(=O)NC(C)C3CC4CCC3C4)cs2)c1OC. The third kappa shape index (κ3) is 3.43. The summed E-state index contributed by atoms with van der Waals surface area (Å²) in [6.45, 7) is 2.14. The van der Waals surface area contributed by atoms with E-state index < -0.39 is 0 Å². The Labute approximate surface area is 164 Å². The van der Waals surface area contributed by atoms with Gasteiger partial charge in [-0.2, -0.15) is 0 Å². The summed E-state index contributed by atoms with van der Waals surface area (Å²) in [5.41, 5.74) is 1.30. The number of amides is 1. The van der Waals surface area contributed by atoms with Crippen molar-refractivity contribution in [3.05, 3.63) is 29.3 Å². The molecule has 2 fully saturated rings. The van der Waals surface area contributed by atoms with Gasteiger partial charge in [0.2, 0.25) is 0 Å². The van der Waals surface area contributed by atoms with Gasteiger partial charge in [-0.25, -0.2) is 4.98 Å². The molecule has 2 aromatic rings. The fraction of sp³-hybridized carbons (Fsp3) is 0.524. The summed E-state index contributed by atoms with van der Waals surface area (Å²) < 4.78 is 10.9. The molecule has 1 aromatic heterocycles. The van der Waals surface area contributed by atoms with Crippen molar-refractivity contribution in [3.63, 3.8) is 0 Å². The largest absolute Gasteiger partial charge is 0.493 e. The molecule has 5 nitrogen and oxygen atoms in total. The van der Waals surface area contributed by atoms with E-state index in [4.69, 9.17) is 9.47 Å². The van der Waals surface area contributed by atoms with Crippen LogP contribution in [0.4, 0.5) is 0 Å². The van der Waals surface area contributed by atoms with Crippen LogP contribution in [0.25, 0.3) is 10.6 Å². The zero-order valence-electron chi connectivity index (χ0n) is 16.0. The summed E-state index contributed by atoms with van der Waals surface area (Å²) in [5, 5.41) is 5.76. The molecular formula is C21H26N2O3S. The van der Waals surface area contributed by atoms with Crippen LogP contribution in [0.5, 0.6) is 11.5 Å². The Balaban J connectivity index is 1.48. The van der Waals surface area contributed by atoms with E-state index >= 15 is 0 Å². The quantitative estimate of drug-likeness (QED) is 0.800. The van der Waals surface area contributed by atoms with Crippen LogP contribution >= 0.6 is 11.3 Å². The molecule has 4 unspecified atom stereocenters. The van der Waals surface area contributed by atoms with E-state index in [-0.39, 0.29) is 11.9 Å². The maximum Gasteiger partial charge on any atom is 0.270 e. The molecule has 0 spiro atoms. The van der Waals surface area contributed by atoms with Crippen LogP contribution in [-0.4, -0.2) is 31.2 Å². The van der Waals surface area contributed by atoms with Crippen LogP contribution in [-0.2, 0) is 0 Å². The summed E-state index contributed by atoms with van der Waals surface area (Å²) >= 11 is 1.44. The Morgan fingerprint density at radius 2 is 2.11 bits per heavy atom. The first-order valence-electron chi connectivity index (χ1n) is 9.58. The van der Waals surface area contributed by atoms with Crippen molar-refractivity contribution in [2.24, 2.45) is 17.8 Å². The molecule has 1 aromatic carbocycles. The standard InChI is InChI=1S/C21H26N2O3S/c1-12(16-10-13-7-8-14(16)9-13)22-20(24)17-11-27-21(23-17)15-5-4-6-18(25-2)19(15)26-3/h4-6,11-14,16H,7-10H2,1-3H3,(H,22,24). The average molecular weight is 387 g/mol. The first kappa shape index (κ1) is 18.3. The van der Waals surface area contributed by atoms with Gasteiger partial charge in [-0.3, -0.25) is 4.79 Å². The van der Waals surface area contributed by atoms with Crippen molar-refractivity contribution in [3.8, 4) is 22.1 Å². The molecule has 2 aliphatic rings. The van der Waals surface area contributed by atoms with E-state index in [9.17, 15) is 4.79 Å². The van der Waals surface area contributed by atoms with Crippen LogP contribution in [0.2, 0.25) is 0 Å². The molecule has 6 heteroatoms. The van der Waals surface area contributed by atoms with Crippen molar-refractivity contribution >= 4 is 17.2 Å². The Kier molecular flexibility index (Phi) is 5.08. The molecule has 4 rings (SSSR count). The normalized spacial score (nSPS) is 24.6. The monoisotopic (exact) mass is 386 g/mol. The molecular weight excluding hydrogens is 360 g/mol.